The van der Waals surface area contributed by atoms with Gasteiger partial charge in [-0.15, -0.1) is 15.3 Å². The van der Waals surface area contributed by atoms with Gasteiger partial charge in [0.2, 0.25) is 5.78 Å². The van der Waals surface area contributed by atoms with Gasteiger partial charge in [0.25, 0.3) is 0 Å². The minimum Gasteiger partial charge on any atom is -0.744 e. The van der Waals surface area contributed by atoms with Gasteiger partial charge in [0.1, 0.15) is 63.2 Å². The zero-order valence-electron chi connectivity index (χ0n) is 35.5. The molecule has 0 fully saturated rings. The number of Topliss-reactive ketones (excluding diaryl/α,β-unsaturated/α-hetero) is 1. The predicted octanol–water partition coefficient (Wildman–Crippen LogP) is -7.88. The van der Waals surface area contributed by atoms with E-state index in [-0.39, 0.29) is 164 Å². The van der Waals surface area contributed by atoms with Gasteiger partial charge in [0.15, 0.2) is 0 Å². The van der Waals surface area contributed by atoms with Crippen LogP contribution in [0.15, 0.2) is 134 Å². The van der Waals surface area contributed by atoms with Crippen LogP contribution in [0.3, 0.4) is 0 Å². The standard InChI is InChI=1S/C34H29N13O13S4.4Na/c35-20-11-22(37)26(61(49,50)51)13-24(20)44-40-16-1-5-18(6-2-16)42-46-32-28(63(55,56)57)9-15-10-29(64(58,59)60)33(34(48)30(15)31(32)39)47-43-19-7-3-17(4-8-19)41-45-25-14-27(62(52,53)54)23(38)12-21(25)36;;;;/h1-14,43H,35-39H2,(H,49,50,51)(H,52,53,54)(H,55,56,57)(H,58,59,60);;;;/q;4*+1/p-4/b44-40?,45-41?,46-42?,47-33+;;;;. The van der Waals surface area contributed by atoms with E-state index >= 15 is 0 Å². The first-order valence-corrected chi connectivity index (χ1v) is 22.6. The van der Waals surface area contributed by atoms with Crippen molar-refractivity contribution in [1.29, 1.82) is 0 Å². The smallest absolute Gasteiger partial charge is 0.744 e. The number of nitrogen functional groups attached to an aromatic ring is 5. The maximum Gasteiger partial charge on any atom is 1.00 e. The number of hydrazone groups is 1. The Hall–Kier alpha value is -3.58. The first-order chi connectivity index (χ1) is 29.7. The molecule has 0 bridgehead atoms. The number of fused-ring (bicyclic) bond motifs is 1. The van der Waals surface area contributed by atoms with Crippen LogP contribution in [0.25, 0.3) is 6.08 Å². The van der Waals surface area contributed by atoms with E-state index in [1.54, 1.807) is 0 Å². The number of allylic oxidation sites excluding steroid dienone is 1. The molecule has 5 aromatic rings. The molecule has 0 spiro atoms. The Balaban J connectivity index is 0.00000397. The summed E-state index contributed by atoms with van der Waals surface area (Å²) in [4.78, 5) is 9.94. The molecule has 0 aliphatic heterocycles. The quantitative estimate of drug-likeness (QED) is 0.0222. The summed E-state index contributed by atoms with van der Waals surface area (Å²) in [5, 5.41) is 26.9. The van der Waals surface area contributed by atoms with E-state index in [0.717, 1.165) is 24.3 Å². The van der Waals surface area contributed by atoms with E-state index in [4.69, 9.17) is 28.7 Å². The Bertz CT molecular complexity index is 3440. The zero-order valence-corrected chi connectivity index (χ0v) is 46.8. The molecular weight excluding hydrogens is 1020 g/mol. The number of nitrogens with one attached hydrogen (secondary N) is 1. The number of hydrogen-bond acceptors (Lipinski definition) is 26. The molecule has 0 saturated heterocycles. The first-order valence-electron chi connectivity index (χ1n) is 17.0. The van der Waals surface area contributed by atoms with Crippen LogP contribution in [-0.4, -0.2) is 63.4 Å². The second kappa shape index (κ2) is 23.6. The number of benzene rings is 5. The summed E-state index contributed by atoms with van der Waals surface area (Å²) in [6, 6.07) is 14.7. The second-order valence-electron chi connectivity index (χ2n) is 12.9. The summed E-state index contributed by atoms with van der Waals surface area (Å²) in [5.74, 6) is -1.31. The topological polar surface area (TPSA) is 475 Å². The Morgan fingerprint density at radius 1 is 0.471 bits per heavy atom. The van der Waals surface area contributed by atoms with Crippen LogP contribution in [0.5, 0.6) is 0 Å². The normalized spacial score (nSPS) is 13.6. The van der Waals surface area contributed by atoms with Gasteiger partial charge in [-0.05, 0) is 90.5 Å². The van der Waals surface area contributed by atoms with Crippen molar-refractivity contribution in [1.82, 2.24) is 0 Å². The molecule has 26 nitrogen and oxygen atoms in total. The molecule has 0 unspecified atom stereocenters. The number of azo groups is 3. The van der Waals surface area contributed by atoms with Crippen LogP contribution in [0.2, 0.25) is 0 Å². The van der Waals surface area contributed by atoms with Crippen molar-refractivity contribution < 1.29 is 175 Å². The molecule has 0 aromatic heterocycles. The number of carbonyl (C=O) groups is 1. The first kappa shape index (κ1) is 60.5. The van der Waals surface area contributed by atoms with Gasteiger partial charge < -0.3 is 46.9 Å². The summed E-state index contributed by atoms with van der Waals surface area (Å²) in [6.45, 7) is 0. The van der Waals surface area contributed by atoms with E-state index < -0.39 is 105 Å². The van der Waals surface area contributed by atoms with Crippen molar-refractivity contribution in [3.05, 3.63) is 94.9 Å². The molecule has 11 N–H and O–H groups in total. The molecule has 1 aliphatic carbocycles. The van der Waals surface area contributed by atoms with Crippen LogP contribution in [0, 0.1) is 0 Å². The number of ketones is 1. The predicted molar refractivity (Wildman–Crippen MR) is 224 cm³/mol. The average Bonchev–Trinajstić information content (AvgIpc) is 3.18. The summed E-state index contributed by atoms with van der Waals surface area (Å²) in [5.41, 5.74) is 26.5. The number of hydrogen-bond donors (Lipinski definition) is 6. The number of nitrogens with zero attached hydrogens (tertiary/aromatic N) is 7. The molecule has 0 saturated carbocycles. The van der Waals surface area contributed by atoms with Crippen LogP contribution >= 0.6 is 0 Å². The minimum atomic E-state index is -5.52. The Morgan fingerprint density at radius 3 is 1.26 bits per heavy atom. The van der Waals surface area contributed by atoms with E-state index in [1.165, 1.54) is 48.5 Å². The molecule has 0 radical (unpaired) electrons. The number of rotatable bonds is 12. The van der Waals surface area contributed by atoms with Crippen molar-refractivity contribution >= 4 is 126 Å². The van der Waals surface area contributed by atoms with Gasteiger partial charge in [-0.1, -0.05) is 0 Å². The van der Waals surface area contributed by atoms with Crippen molar-refractivity contribution in [2.45, 2.75) is 14.7 Å². The van der Waals surface area contributed by atoms with Crippen LogP contribution in [-0.2, 0) is 40.5 Å². The van der Waals surface area contributed by atoms with E-state index in [9.17, 15) is 56.7 Å². The number of nitrogens with two attached hydrogens (primary N) is 5. The maximum absolute atomic E-state index is 13.8. The molecular formula is C34H25N13Na4O13S4. The molecule has 332 valence electrons. The summed E-state index contributed by atoms with van der Waals surface area (Å²) < 4.78 is 143. The van der Waals surface area contributed by atoms with Gasteiger partial charge in [-0.3, -0.25) is 10.2 Å². The van der Waals surface area contributed by atoms with Gasteiger partial charge in [0, 0.05) is 0 Å². The monoisotopic (exact) mass is 1040 g/mol. The van der Waals surface area contributed by atoms with Gasteiger partial charge >= 0.3 is 118 Å². The second-order valence-corrected chi connectivity index (χ2v) is 18.3. The Kier molecular flexibility index (Phi) is 21.0. The molecule has 0 heterocycles. The van der Waals surface area contributed by atoms with Crippen LogP contribution < -0.4 is 152 Å². The SMILES string of the molecule is Nc1cc(N)c(S(=O)(=O)[O-])cc1N=Nc1ccc(N=Nc2c(S(=O)(=O)[O-])cc3c(c2N)C(=O)/C(=N/Nc2ccc(N=Nc4cc(S(=O)(=O)[O-])c(N)cc4N)cc2)C(S(=O)(=O)[O-])=C3)cc1.[Na+].[Na+].[Na+].[Na+]. The molecule has 5 aromatic carbocycles. The molecule has 34 heteroatoms. The fourth-order valence-corrected chi connectivity index (χ4v) is 8.05. The third-order valence-electron chi connectivity index (χ3n) is 8.52. The minimum absolute atomic E-state index is 0. The van der Waals surface area contributed by atoms with Crippen molar-refractivity contribution in [3.63, 3.8) is 0 Å². The van der Waals surface area contributed by atoms with Crippen LogP contribution in [0.4, 0.5) is 68.2 Å². The fraction of sp³-hybridized carbons (Fsp3) is 0. The van der Waals surface area contributed by atoms with Gasteiger partial charge in [-0.2, -0.15) is 20.4 Å². The van der Waals surface area contributed by atoms with Gasteiger partial charge in [0.05, 0.1) is 76.3 Å². The largest absolute Gasteiger partial charge is 1.00 e. The van der Waals surface area contributed by atoms with E-state index in [1.807, 2.05) is 0 Å². The number of anilines is 6. The summed E-state index contributed by atoms with van der Waals surface area (Å²) in [7, 11) is -20.9. The van der Waals surface area contributed by atoms with Crippen molar-refractivity contribution in [2.75, 3.05) is 34.1 Å². The van der Waals surface area contributed by atoms with E-state index in [2.05, 4.69) is 41.2 Å². The van der Waals surface area contributed by atoms with Crippen molar-refractivity contribution in [3.8, 4) is 0 Å². The Morgan fingerprint density at radius 2 is 0.868 bits per heavy atom. The van der Waals surface area contributed by atoms with E-state index in [0.29, 0.717) is 12.1 Å². The van der Waals surface area contributed by atoms with Crippen molar-refractivity contribution in [2.24, 2.45) is 35.8 Å². The third kappa shape index (κ3) is 14.3. The molecule has 0 atom stereocenters. The summed E-state index contributed by atoms with van der Waals surface area (Å²) in [6.07, 6.45) is 0.590. The Labute approximate surface area is 474 Å². The molecule has 0 amide bonds. The maximum atomic E-state index is 13.8. The zero-order chi connectivity index (χ0) is 47.1. The molecule has 6 rings (SSSR count). The average molecular weight is 1040 g/mol. The van der Waals surface area contributed by atoms with Gasteiger partial charge in [-0.25, -0.2) is 33.7 Å². The summed E-state index contributed by atoms with van der Waals surface area (Å²) >= 11 is 0. The fourth-order valence-electron chi connectivity index (χ4n) is 5.54. The number of carbonyl (C=O) groups excluding carboxylic acids is 1. The third-order valence-corrected chi connectivity index (χ3v) is 12.0. The molecule has 68 heavy (non-hydrogen) atoms. The molecule has 1 aliphatic rings. The van der Waals surface area contributed by atoms with Crippen LogP contribution in [0.1, 0.15) is 15.9 Å².